The Morgan fingerprint density at radius 1 is 0.794 bits per heavy atom. The van der Waals surface area contributed by atoms with Crippen LogP contribution in [-0.4, -0.2) is 6.54 Å². The zero-order chi connectivity index (χ0) is 23.1. The van der Waals surface area contributed by atoms with E-state index in [1.807, 2.05) is 11.3 Å². The molecular weight excluding hydrogens is 430 g/mol. The summed E-state index contributed by atoms with van der Waals surface area (Å²) in [4.78, 5) is 2.44. The van der Waals surface area contributed by atoms with Crippen LogP contribution in [0.25, 0.3) is 31.3 Å². The highest BCUT2D eigenvalue weighted by Gasteiger charge is 2.21. The Balaban J connectivity index is 1.63. The van der Waals surface area contributed by atoms with Gasteiger partial charge in [0.05, 0.1) is 10.4 Å². The molecule has 0 unspecified atom stereocenters. The zero-order valence-corrected chi connectivity index (χ0v) is 20.0. The molecule has 0 aliphatic carbocycles. The maximum Gasteiger partial charge on any atom is 0.0674 e. The van der Waals surface area contributed by atoms with E-state index in [1.165, 1.54) is 53.8 Å². The minimum atomic E-state index is 0.779. The summed E-state index contributed by atoms with van der Waals surface area (Å²) in [5.41, 5.74) is 8.28. The number of rotatable bonds is 2. The van der Waals surface area contributed by atoms with E-state index >= 15 is 0 Å². The van der Waals surface area contributed by atoms with E-state index in [9.17, 15) is 0 Å². The Morgan fingerprint density at radius 3 is 2.38 bits per heavy atom. The van der Waals surface area contributed by atoms with E-state index in [0.717, 1.165) is 12.1 Å². The molecule has 0 spiro atoms. The maximum absolute atomic E-state index is 4.55. The van der Waals surface area contributed by atoms with E-state index in [0.29, 0.717) is 0 Å². The fourth-order valence-electron chi connectivity index (χ4n) is 4.76. The van der Waals surface area contributed by atoms with Gasteiger partial charge in [-0.2, -0.15) is 0 Å². The van der Waals surface area contributed by atoms with E-state index in [2.05, 4.69) is 128 Å². The second-order valence-corrected chi connectivity index (χ2v) is 9.83. The number of hydrogen-bond acceptors (Lipinski definition) is 2. The lowest BCUT2D eigenvalue weighted by molar-refractivity contribution is 1.10. The molecule has 4 aromatic carbocycles. The van der Waals surface area contributed by atoms with Crippen LogP contribution < -0.4 is 4.90 Å². The molecule has 0 atom stereocenters. The molecule has 164 valence electrons. The lowest BCUT2D eigenvalue weighted by Gasteiger charge is -2.27. The Kier molecular flexibility index (Phi) is 5.16. The van der Waals surface area contributed by atoms with E-state index in [4.69, 9.17) is 0 Å². The topological polar surface area (TPSA) is 3.24 Å². The van der Waals surface area contributed by atoms with Gasteiger partial charge in [-0.1, -0.05) is 97.1 Å². The molecule has 1 aliphatic heterocycles. The van der Waals surface area contributed by atoms with Gasteiger partial charge in [0, 0.05) is 33.3 Å². The molecule has 2 heterocycles. The molecule has 0 radical (unpaired) electrons. The van der Waals surface area contributed by atoms with Crippen molar-refractivity contribution in [2.24, 2.45) is 0 Å². The molecule has 1 aliphatic rings. The van der Waals surface area contributed by atoms with Gasteiger partial charge in [-0.15, -0.1) is 11.3 Å². The molecule has 2 heteroatoms. The zero-order valence-electron chi connectivity index (χ0n) is 19.2. The number of nitrogens with zero attached hydrogens (tertiary/aromatic N) is 1. The van der Waals surface area contributed by atoms with Crippen LogP contribution in [0.1, 0.15) is 16.7 Å². The summed E-state index contributed by atoms with van der Waals surface area (Å²) in [7, 11) is 0. The highest BCUT2D eigenvalue weighted by molar-refractivity contribution is 7.26. The molecule has 34 heavy (non-hydrogen) atoms. The van der Waals surface area contributed by atoms with E-state index < -0.39 is 0 Å². The lowest BCUT2D eigenvalue weighted by Crippen LogP contribution is -2.18. The van der Waals surface area contributed by atoms with E-state index in [-0.39, 0.29) is 0 Å². The third-order valence-corrected chi connectivity index (χ3v) is 7.70. The SMILES string of the molecule is C=C1/C=C(c2ccccc2)\C=C/CN(c2ccc(C)cc2)c2c1ccc1c2sc2ccccc21. The molecule has 0 saturated heterocycles. The Labute approximate surface area is 204 Å². The summed E-state index contributed by atoms with van der Waals surface area (Å²) in [6, 6.07) is 32.6. The van der Waals surface area contributed by atoms with Crippen molar-refractivity contribution in [3.05, 3.63) is 132 Å². The van der Waals surface area contributed by atoms with Crippen molar-refractivity contribution in [1.29, 1.82) is 0 Å². The average Bonchev–Trinajstić information content (AvgIpc) is 3.27. The van der Waals surface area contributed by atoms with Gasteiger partial charge in [0.25, 0.3) is 0 Å². The summed E-state index contributed by atoms with van der Waals surface area (Å²) in [5.74, 6) is 0. The highest BCUT2D eigenvalue weighted by atomic mass is 32.1. The largest absolute Gasteiger partial charge is 0.336 e. The van der Waals surface area contributed by atoms with Gasteiger partial charge >= 0.3 is 0 Å². The van der Waals surface area contributed by atoms with Crippen LogP contribution in [-0.2, 0) is 0 Å². The van der Waals surface area contributed by atoms with Gasteiger partial charge in [0.1, 0.15) is 0 Å². The van der Waals surface area contributed by atoms with Gasteiger partial charge in [-0.05, 0) is 47.9 Å². The quantitative estimate of drug-likeness (QED) is 0.256. The molecule has 1 nitrogen and oxygen atoms in total. The number of fused-ring (bicyclic) bond motifs is 5. The number of anilines is 2. The number of allylic oxidation sites excluding steroid dienone is 4. The van der Waals surface area contributed by atoms with Crippen LogP contribution in [0.4, 0.5) is 11.4 Å². The molecule has 5 aromatic rings. The van der Waals surface area contributed by atoms with Crippen LogP contribution in [0.2, 0.25) is 0 Å². The van der Waals surface area contributed by atoms with Crippen molar-refractivity contribution >= 4 is 54.0 Å². The van der Waals surface area contributed by atoms with Crippen LogP contribution in [0.3, 0.4) is 0 Å². The van der Waals surface area contributed by atoms with Crippen LogP contribution >= 0.6 is 11.3 Å². The van der Waals surface area contributed by atoms with Crippen LogP contribution in [0.15, 0.2) is 116 Å². The number of benzene rings is 4. The summed E-state index contributed by atoms with van der Waals surface area (Å²) < 4.78 is 2.63. The number of aryl methyl sites for hydroxylation is 1. The summed E-state index contributed by atoms with van der Waals surface area (Å²) in [6.45, 7) is 7.46. The first-order valence-corrected chi connectivity index (χ1v) is 12.4. The molecular formula is C32H25NS. The van der Waals surface area contributed by atoms with Crippen molar-refractivity contribution in [2.45, 2.75) is 6.92 Å². The molecule has 0 N–H and O–H groups in total. The molecule has 0 bridgehead atoms. The summed E-state index contributed by atoms with van der Waals surface area (Å²) in [5, 5.41) is 2.62. The Bertz CT molecular complexity index is 1580. The first-order valence-electron chi connectivity index (χ1n) is 11.6. The maximum atomic E-state index is 4.55. The van der Waals surface area contributed by atoms with Gasteiger partial charge < -0.3 is 4.90 Å². The smallest absolute Gasteiger partial charge is 0.0674 e. The van der Waals surface area contributed by atoms with E-state index in [1.54, 1.807) is 0 Å². The third-order valence-electron chi connectivity index (χ3n) is 6.50. The summed E-state index contributed by atoms with van der Waals surface area (Å²) in [6.07, 6.45) is 6.73. The van der Waals surface area contributed by atoms with Crippen LogP contribution in [0, 0.1) is 6.92 Å². The molecule has 0 fully saturated rings. The lowest BCUT2D eigenvalue weighted by atomic mass is 9.97. The van der Waals surface area contributed by atoms with Crippen molar-refractivity contribution in [2.75, 3.05) is 11.4 Å². The standard InChI is InChI=1S/C32H25NS/c1-22-14-16-26(17-15-22)33-20-8-11-25(24-9-4-3-5-10-24)21-23(2)27-18-19-29-28-12-6-7-13-30(28)34-32(29)31(27)33/h3-19,21H,2,20H2,1H3/b11-8-,25-21+. The first-order chi connectivity index (χ1) is 16.7. The predicted octanol–water partition coefficient (Wildman–Crippen LogP) is 9.17. The van der Waals surface area contributed by atoms with Crippen molar-refractivity contribution in [3.8, 4) is 0 Å². The van der Waals surface area contributed by atoms with Crippen molar-refractivity contribution in [3.63, 3.8) is 0 Å². The minimum absolute atomic E-state index is 0.779. The molecule has 1 aromatic heterocycles. The first kappa shape index (κ1) is 20.7. The monoisotopic (exact) mass is 455 g/mol. The fourth-order valence-corrected chi connectivity index (χ4v) is 6.02. The predicted molar refractivity (Wildman–Crippen MR) is 150 cm³/mol. The minimum Gasteiger partial charge on any atom is -0.336 e. The van der Waals surface area contributed by atoms with Crippen molar-refractivity contribution < 1.29 is 0 Å². The summed E-state index contributed by atoms with van der Waals surface area (Å²) >= 11 is 1.87. The normalized spacial score (nSPS) is 16.4. The van der Waals surface area contributed by atoms with Gasteiger partial charge in [0.2, 0.25) is 0 Å². The van der Waals surface area contributed by atoms with Crippen LogP contribution in [0.5, 0.6) is 0 Å². The second kappa shape index (κ2) is 8.48. The number of hydrogen-bond donors (Lipinski definition) is 0. The highest BCUT2D eigenvalue weighted by Crippen LogP contribution is 2.46. The van der Waals surface area contributed by atoms with Gasteiger partial charge in [-0.3, -0.25) is 0 Å². The number of thiophene rings is 1. The Hall–Kier alpha value is -3.88. The second-order valence-electron chi connectivity index (χ2n) is 8.78. The third kappa shape index (κ3) is 3.57. The Morgan fingerprint density at radius 2 is 1.56 bits per heavy atom. The molecule has 6 rings (SSSR count). The van der Waals surface area contributed by atoms with Gasteiger partial charge in [0.15, 0.2) is 0 Å². The average molecular weight is 456 g/mol. The van der Waals surface area contributed by atoms with Crippen molar-refractivity contribution in [1.82, 2.24) is 0 Å². The molecule has 0 amide bonds. The fraction of sp³-hybridized carbons (Fsp3) is 0.0625. The molecule has 0 saturated carbocycles. The van der Waals surface area contributed by atoms with Gasteiger partial charge in [-0.25, -0.2) is 0 Å².